The van der Waals surface area contributed by atoms with Gasteiger partial charge in [0.25, 0.3) is 0 Å². The third-order valence-electron chi connectivity index (χ3n) is 9.65. The number of unbranched alkanes of at least 4 members (excludes halogenated alkanes) is 1. The number of aryl methyl sites for hydroxylation is 2. The summed E-state index contributed by atoms with van der Waals surface area (Å²) in [4.78, 5) is 13.4. The largest absolute Gasteiger partial charge is 0.508 e. The van der Waals surface area contributed by atoms with Crippen LogP contribution >= 0.6 is 0 Å². The molecule has 7 heteroatoms. The first-order chi connectivity index (χ1) is 24.3. The normalized spacial score (nSPS) is 19.3. The molecule has 6 bridgehead atoms. The Morgan fingerprint density at radius 1 is 0.920 bits per heavy atom. The maximum atomic E-state index is 13.4. The molecule has 3 aliphatic rings. The molecule has 3 N–H and O–H groups in total. The van der Waals surface area contributed by atoms with Crippen molar-refractivity contribution >= 4 is 16.6 Å². The molecule has 4 aromatic rings. The van der Waals surface area contributed by atoms with Gasteiger partial charge in [0.2, 0.25) is 0 Å². The number of aliphatic hydroxyl groups is 1. The predicted molar refractivity (Wildman–Crippen MR) is 194 cm³/mol. The number of carbonyl (C=O) groups excluding carboxylic acids is 1. The second-order valence-corrected chi connectivity index (χ2v) is 13.3. The van der Waals surface area contributed by atoms with Crippen LogP contribution in [0, 0.1) is 23.9 Å². The van der Waals surface area contributed by atoms with E-state index in [1.807, 2.05) is 60.7 Å². The molecule has 258 valence electrons. The fourth-order valence-corrected chi connectivity index (χ4v) is 6.96. The molecule has 3 atom stereocenters. The monoisotopic (exact) mass is 672 g/mol. The molecule has 0 amide bonds. The zero-order valence-corrected chi connectivity index (χ0v) is 28.4. The van der Waals surface area contributed by atoms with E-state index < -0.39 is 6.10 Å². The number of hydrogen-bond acceptors (Lipinski definition) is 7. The third kappa shape index (κ3) is 9.00. The lowest BCUT2D eigenvalue weighted by Gasteiger charge is -2.28. The Balaban J connectivity index is 1.21. The van der Waals surface area contributed by atoms with E-state index in [1.165, 1.54) is 0 Å². The number of methoxy groups -OCH3 is 1. The van der Waals surface area contributed by atoms with E-state index >= 15 is 0 Å². The number of phenols is 2. The molecule has 7 nitrogen and oxygen atoms in total. The van der Waals surface area contributed by atoms with Gasteiger partial charge in [0.1, 0.15) is 41.9 Å². The molecule has 7 rings (SSSR count). The predicted octanol–water partition coefficient (Wildman–Crippen LogP) is 8.68. The molecule has 1 aliphatic carbocycles. The summed E-state index contributed by atoms with van der Waals surface area (Å²) in [6, 6.07) is 22.7. The van der Waals surface area contributed by atoms with E-state index in [4.69, 9.17) is 14.2 Å². The zero-order valence-electron chi connectivity index (χ0n) is 28.4. The maximum absolute atomic E-state index is 13.4. The van der Waals surface area contributed by atoms with E-state index in [9.17, 15) is 20.1 Å². The Labute approximate surface area is 293 Å². The smallest absolute Gasteiger partial charge is 0.161 e. The Morgan fingerprint density at radius 3 is 2.66 bits per heavy atom. The van der Waals surface area contributed by atoms with Crippen LogP contribution < -0.4 is 9.47 Å². The molecule has 50 heavy (non-hydrogen) atoms. The summed E-state index contributed by atoms with van der Waals surface area (Å²) in [5, 5.41) is 32.9. The van der Waals surface area contributed by atoms with Gasteiger partial charge in [-0.2, -0.15) is 0 Å². The first kappa shape index (κ1) is 34.5. The lowest BCUT2D eigenvalue weighted by atomic mass is 9.80. The van der Waals surface area contributed by atoms with Crippen LogP contribution in [0.4, 0.5) is 0 Å². The summed E-state index contributed by atoms with van der Waals surface area (Å²) >= 11 is 0. The average molecular weight is 673 g/mol. The molecule has 0 saturated heterocycles. The first-order valence-corrected chi connectivity index (χ1v) is 17.4. The Hall–Kier alpha value is -5.35. The number of aliphatic hydroxyl groups excluding tert-OH is 1. The third-order valence-corrected chi connectivity index (χ3v) is 9.65. The van der Waals surface area contributed by atoms with Crippen molar-refractivity contribution in [3.8, 4) is 35.0 Å². The number of phenolic OH excluding ortho intramolecular Hbond substituents is 2. The van der Waals surface area contributed by atoms with Gasteiger partial charge < -0.3 is 29.5 Å². The highest BCUT2D eigenvalue weighted by atomic mass is 16.5. The lowest BCUT2D eigenvalue weighted by molar-refractivity contribution is -0.121. The molecule has 0 spiro atoms. The van der Waals surface area contributed by atoms with E-state index in [0.29, 0.717) is 42.9 Å². The van der Waals surface area contributed by atoms with Crippen LogP contribution in [0.2, 0.25) is 0 Å². The number of allylic oxidation sites excluding steroid dienone is 3. The minimum atomic E-state index is -0.481. The van der Waals surface area contributed by atoms with E-state index in [0.717, 1.165) is 53.1 Å². The van der Waals surface area contributed by atoms with Crippen molar-refractivity contribution in [1.29, 1.82) is 0 Å². The summed E-state index contributed by atoms with van der Waals surface area (Å²) in [7, 11) is 1.61. The van der Waals surface area contributed by atoms with Gasteiger partial charge >= 0.3 is 0 Å². The minimum Gasteiger partial charge on any atom is -0.508 e. The number of ketones is 1. The van der Waals surface area contributed by atoms with Crippen LogP contribution in [0.1, 0.15) is 60.8 Å². The van der Waals surface area contributed by atoms with E-state index in [-0.39, 0.29) is 47.7 Å². The molecule has 0 aromatic heterocycles. The summed E-state index contributed by atoms with van der Waals surface area (Å²) in [6.45, 7) is 0.332. The molecule has 2 aliphatic heterocycles. The van der Waals surface area contributed by atoms with Gasteiger partial charge in [-0.3, -0.25) is 4.79 Å². The van der Waals surface area contributed by atoms with Crippen molar-refractivity contribution in [2.75, 3.05) is 7.11 Å². The number of Topliss-reactive ketones (excluding diaryl/α,β-unsaturated/α-hetero) is 1. The van der Waals surface area contributed by atoms with Crippen LogP contribution in [0.5, 0.6) is 23.0 Å². The fraction of sp³-hybridized carbons (Fsp3) is 0.326. The van der Waals surface area contributed by atoms with Crippen molar-refractivity contribution < 1.29 is 34.3 Å². The van der Waals surface area contributed by atoms with Crippen molar-refractivity contribution in [2.24, 2.45) is 11.8 Å². The van der Waals surface area contributed by atoms with Crippen LogP contribution in [0.3, 0.4) is 0 Å². The van der Waals surface area contributed by atoms with Gasteiger partial charge in [-0.25, -0.2) is 0 Å². The molecular formula is C43H44O7. The van der Waals surface area contributed by atoms with Crippen molar-refractivity contribution in [1.82, 2.24) is 0 Å². The highest BCUT2D eigenvalue weighted by Crippen LogP contribution is 2.34. The highest BCUT2D eigenvalue weighted by Gasteiger charge is 2.27. The second-order valence-electron chi connectivity index (χ2n) is 13.3. The molecule has 0 fully saturated rings. The molecule has 3 unspecified atom stereocenters. The summed E-state index contributed by atoms with van der Waals surface area (Å²) in [6.07, 6.45) is 13.7. The number of hydrogen-bond donors (Lipinski definition) is 3. The molecule has 4 aromatic carbocycles. The SMILES string of the molecule is COc1ccc2cc1OCc1ccc3c(c(O)ccc3c1)CC#COC(CC1C=C(O)C=CC1CCCCc1cccc(O)c1)CC(=O)CC2. The number of carbonyl (C=O) groups is 1. The van der Waals surface area contributed by atoms with Crippen LogP contribution in [-0.4, -0.2) is 34.3 Å². The van der Waals surface area contributed by atoms with Crippen molar-refractivity contribution in [3.05, 3.63) is 119 Å². The maximum Gasteiger partial charge on any atom is 0.161 e. The Bertz CT molecular complexity index is 1950. The van der Waals surface area contributed by atoms with Crippen LogP contribution in [0.15, 0.2) is 96.8 Å². The number of ether oxygens (including phenoxy) is 3. The fourth-order valence-electron chi connectivity index (χ4n) is 6.96. The summed E-state index contributed by atoms with van der Waals surface area (Å²) in [5.41, 5.74) is 3.76. The molecule has 2 heterocycles. The van der Waals surface area contributed by atoms with Crippen LogP contribution in [-0.2, 0) is 35.4 Å². The summed E-state index contributed by atoms with van der Waals surface area (Å²) in [5.74, 6) is 5.19. The van der Waals surface area contributed by atoms with Gasteiger partial charge in [-0.05, 0) is 120 Å². The van der Waals surface area contributed by atoms with Gasteiger partial charge in [0.05, 0.1) is 7.11 Å². The minimum absolute atomic E-state index is 0.0282. The van der Waals surface area contributed by atoms with Gasteiger partial charge in [0.15, 0.2) is 11.5 Å². The molecular weight excluding hydrogens is 628 g/mol. The second kappa shape index (κ2) is 16.4. The number of fused-ring (bicyclic) bond motifs is 9. The molecule has 0 saturated carbocycles. The number of rotatable bonds is 8. The van der Waals surface area contributed by atoms with E-state index in [2.05, 4.69) is 18.1 Å². The first-order valence-electron chi connectivity index (χ1n) is 17.4. The number of aromatic hydroxyl groups is 2. The van der Waals surface area contributed by atoms with Crippen LogP contribution in [0.25, 0.3) is 10.8 Å². The molecule has 0 radical (unpaired) electrons. The van der Waals surface area contributed by atoms with Gasteiger partial charge in [-0.15, -0.1) is 0 Å². The van der Waals surface area contributed by atoms with Crippen molar-refractivity contribution in [3.63, 3.8) is 0 Å². The quantitative estimate of drug-likeness (QED) is 0.127. The average Bonchev–Trinajstić information content (AvgIpc) is 3.11. The highest BCUT2D eigenvalue weighted by molar-refractivity contribution is 5.88. The zero-order chi connectivity index (χ0) is 34.9. The van der Waals surface area contributed by atoms with E-state index in [1.54, 1.807) is 31.4 Å². The topological polar surface area (TPSA) is 105 Å². The van der Waals surface area contributed by atoms with Crippen molar-refractivity contribution in [2.45, 2.75) is 70.5 Å². The standard InChI is InChI=1S/C43H44O7/c1-48-42-20-13-30-11-16-37(46)27-38(26-34-25-36(45)17-14-32(34)8-3-2-6-29-7-4-9-35(44)23-29)49-21-5-10-40-39-18-12-31(28-50-43(42)24-30)22-33(39)15-19-41(40)47/h4,7,9,12-15,17-20,22-25,32,34,38,44-45,47H,2-3,6,8,10-11,16,26-28H2,1H3. The van der Waals surface area contributed by atoms with Gasteiger partial charge in [0, 0.05) is 24.8 Å². The lowest BCUT2D eigenvalue weighted by Crippen LogP contribution is -2.24. The number of benzene rings is 4. The summed E-state index contributed by atoms with van der Waals surface area (Å²) < 4.78 is 17.9. The Morgan fingerprint density at radius 2 is 1.80 bits per heavy atom. The Kier molecular flexibility index (Phi) is 11.3. The van der Waals surface area contributed by atoms with Gasteiger partial charge in [-0.1, -0.05) is 54.8 Å².